The summed E-state index contributed by atoms with van der Waals surface area (Å²) >= 11 is 0. The average molecular weight is 480 g/mol. The Labute approximate surface area is 206 Å². The number of rotatable bonds is 7. The Kier molecular flexibility index (Phi) is 7.05. The SMILES string of the molecule is CCCCN1C(=O)C(=O)/C(=C(/O)c2cc(C(C)C)c(OC)cc2C)C1c1ccc2c(c1)OCCO2. The summed E-state index contributed by atoms with van der Waals surface area (Å²) in [5.74, 6) is 0.591. The van der Waals surface area contributed by atoms with Crippen molar-refractivity contribution in [3.8, 4) is 17.2 Å². The topological polar surface area (TPSA) is 85.3 Å². The first-order valence-electron chi connectivity index (χ1n) is 12.1. The number of aliphatic hydroxyl groups excluding tert-OH is 1. The van der Waals surface area contributed by atoms with Crippen molar-refractivity contribution in [2.75, 3.05) is 26.9 Å². The van der Waals surface area contributed by atoms with Crippen LogP contribution < -0.4 is 14.2 Å². The predicted molar refractivity (Wildman–Crippen MR) is 133 cm³/mol. The molecule has 1 saturated heterocycles. The maximum absolute atomic E-state index is 13.3. The molecule has 0 spiro atoms. The van der Waals surface area contributed by atoms with Gasteiger partial charge in [-0.25, -0.2) is 0 Å². The van der Waals surface area contributed by atoms with Gasteiger partial charge >= 0.3 is 0 Å². The highest BCUT2D eigenvalue weighted by Crippen LogP contribution is 2.43. The number of amides is 1. The lowest BCUT2D eigenvalue weighted by Gasteiger charge is -2.27. The molecule has 2 aromatic carbocycles. The van der Waals surface area contributed by atoms with Gasteiger partial charge < -0.3 is 24.2 Å². The molecule has 2 aliphatic heterocycles. The van der Waals surface area contributed by atoms with Gasteiger partial charge in [-0.05, 0) is 60.2 Å². The van der Waals surface area contributed by atoms with Crippen molar-refractivity contribution in [1.29, 1.82) is 0 Å². The number of Topliss-reactive ketones (excluding diaryl/α,β-unsaturated/α-hetero) is 1. The minimum Gasteiger partial charge on any atom is -0.507 e. The number of aryl methyl sites for hydroxylation is 1. The largest absolute Gasteiger partial charge is 0.507 e. The van der Waals surface area contributed by atoms with Crippen molar-refractivity contribution in [2.24, 2.45) is 0 Å². The number of carbonyl (C=O) groups is 2. The molecule has 0 aromatic heterocycles. The normalized spacial score (nSPS) is 18.9. The molecule has 7 heteroatoms. The fourth-order valence-electron chi connectivity index (χ4n) is 4.74. The molecule has 1 N–H and O–H groups in total. The zero-order valence-electron chi connectivity index (χ0n) is 21.0. The zero-order valence-corrected chi connectivity index (χ0v) is 21.0. The van der Waals surface area contributed by atoms with Crippen molar-refractivity contribution >= 4 is 17.4 Å². The van der Waals surface area contributed by atoms with Crippen LogP contribution in [0.4, 0.5) is 0 Å². The molecule has 1 atom stereocenters. The van der Waals surface area contributed by atoms with Crippen LogP contribution in [0.15, 0.2) is 35.9 Å². The van der Waals surface area contributed by atoms with Crippen molar-refractivity contribution in [3.63, 3.8) is 0 Å². The van der Waals surface area contributed by atoms with Crippen LogP contribution in [0.25, 0.3) is 5.76 Å². The van der Waals surface area contributed by atoms with E-state index < -0.39 is 17.7 Å². The Morgan fingerprint density at radius 3 is 2.51 bits per heavy atom. The molecular weight excluding hydrogens is 446 g/mol. The fraction of sp³-hybridized carbons (Fsp3) is 0.429. The highest BCUT2D eigenvalue weighted by Gasteiger charge is 2.46. The molecule has 2 aromatic rings. The maximum atomic E-state index is 13.3. The molecule has 35 heavy (non-hydrogen) atoms. The molecule has 0 radical (unpaired) electrons. The van der Waals surface area contributed by atoms with Crippen LogP contribution in [-0.4, -0.2) is 48.6 Å². The second-order valence-electron chi connectivity index (χ2n) is 9.31. The van der Waals surface area contributed by atoms with E-state index in [4.69, 9.17) is 14.2 Å². The van der Waals surface area contributed by atoms with E-state index in [1.807, 2.05) is 45.9 Å². The number of ketones is 1. The number of nitrogens with zero attached hydrogens (tertiary/aromatic N) is 1. The summed E-state index contributed by atoms with van der Waals surface area (Å²) in [6, 6.07) is 8.42. The number of hydrogen-bond acceptors (Lipinski definition) is 6. The molecular formula is C28H33NO6. The average Bonchev–Trinajstić information content (AvgIpc) is 3.11. The lowest BCUT2D eigenvalue weighted by Crippen LogP contribution is -2.30. The number of fused-ring (bicyclic) bond motifs is 1. The van der Waals surface area contributed by atoms with Crippen LogP contribution in [0.3, 0.4) is 0 Å². The molecule has 0 saturated carbocycles. The summed E-state index contributed by atoms with van der Waals surface area (Å²) < 4.78 is 16.9. The van der Waals surface area contributed by atoms with Gasteiger partial charge in [-0.2, -0.15) is 0 Å². The minimum absolute atomic E-state index is 0.0887. The van der Waals surface area contributed by atoms with Gasteiger partial charge in [0.2, 0.25) is 0 Å². The molecule has 1 fully saturated rings. The molecule has 7 nitrogen and oxygen atoms in total. The van der Waals surface area contributed by atoms with E-state index in [2.05, 4.69) is 0 Å². The summed E-state index contributed by atoms with van der Waals surface area (Å²) in [7, 11) is 1.61. The fourth-order valence-corrected chi connectivity index (χ4v) is 4.74. The first kappa shape index (κ1) is 24.6. The third-order valence-electron chi connectivity index (χ3n) is 6.63. The Morgan fingerprint density at radius 2 is 1.86 bits per heavy atom. The highest BCUT2D eigenvalue weighted by atomic mass is 16.6. The number of unbranched alkanes of at least 4 members (excludes halogenated alkanes) is 1. The van der Waals surface area contributed by atoms with Crippen molar-refractivity contribution in [1.82, 2.24) is 4.90 Å². The van der Waals surface area contributed by atoms with E-state index in [-0.39, 0.29) is 17.3 Å². The highest BCUT2D eigenvalue weighted by molar-refractivity contribution is 6.46. The molecule has 2 aliphatic rings. The number of hydrogen-bond donors (Lipinski definition) is 1. The smallest absolute Gasteiger partial charge is 0.295 e. The van der Waals surface area contributed by atoms with Crippen molar-refractivity contribution < 1.29 is 28.9 Å². The monoisotopic (exact) mass is 479 g/mol. The van der Waals surface area contributed by atoms with E-state index in [0.29, 0.717) is 42.4 Å². The van der Waals surface area contributed by atoms with E-state index in [0.717, 1.165) is 29.7 Å². The molecule has 0 bridgehead atoms. The summed E-state index contributed by atoms with van der Waals surface area (Å²) in [5.41, 5.74) is 2.97. The first-order valence-corrected chi connectivity index (χ1v) is 12.1. The molecule has 186 valence electrons. The van der Waals surface area contributed by atoms with Crippen LogP contribution in [0, 0.1) is 6.92 Å². The summed E-state index contributed by atoms with van der Waals surface area (Å²) in [6.07, 6.45) is 1.61. The second-order valence-corrected chi connectivity index (χ2v) is 9.31. The number of carbonyl (C=O) groups excluding carboxylic acids is 2. The third kappa shape index (κ3) is 4.47. The second kappa shape index (κ2) is 10.0. The van der Waals surface area contributed by atoms with Gasteiger partial charge in [-0.1, -0.05) is 33.3 Å². The minimum atomic E-state index is -0.721. The zero-order chi connectivity index (χ0) is 25.3. The lowest BCUT2D eigenvalue weighted by molar-refractivity contribution is -0.139. The molecule has 2 heterocycles. The number of likely N-dealkylation sites (tertiary alicyclic amines) is 1. The van der Waals surface area contributed by atoms with Crippen molar-refractivity contribution in [3.05, 3.63) is 58.2 Å². The summed E-state index contributed by atoms with van der Waals surface area (Å²) in [4.78, 5) is 28.0. The van der Waals surface area contributed by atoms with Gasteiger partial charge in [0.25, 0.3) is 11.7 Å². The predicted octanol–water partition coefficient (Wildman–Crippen LogP) is 5.12. The molecule has 0 aliphatic carbocycles. The molecule has 4 rings (SSSR count). The Hall–Kier alpha value is -3.48. The molecule has 1 unspecified atom stereocenters. The van der Waals surface area contributed by atoms with Gasteiger partial charge in [0, 0.05) is 12.1 Å². The Bertz CT molecular complexity index is 1180. The van der Waals surface area contributed by atoms with E-state index in [9.17, 15) is 14.7 Å². The third-order valence-corrected chi connectivity index (χ3v) is 6.63. The van der Waals surface area contributed by atoms with E-state index >= 15 is 0 Å². The lowest BCUT2D eigenvalue weighted by atomic mass is 9.91. The quantitative estimate of drug-likeness (QED) is 0.337. The summed E-state index contributed by atoms with van der Waals surface area (Å²) in [5, 5.41) is 11.6. The van der Waals surface area contributed by atoms with Crippen LogP contribution >= 0.6 is 0 Å². The number of aliphatic hydroxyl groups is 1. The van der Waals surface area contributed by atoms with Gasteiger partial charge in [-0.3, -0.25) is 9.59 Å². The van der Waals surface area contributed by atoms with Gasteiger partial charge in [0.1, 0.15) is 24.7 Å². The van der Waals surface area contributed by atoms with Gasteiger partial charge in [0.15, 0.2) is 11.5 Å². The van der Waals surface area contributed by atoms with Gasteiger partial charge in [0.05, 0.1) is 18.7 Å². The maximum Gasteiger partial charge on any atom is 0.295 e. The van der Waals surface area contributed by atoms with Crippen LogP contribution in [0.1, 0.15) is 67.8 Å². The van der Waals surface area contributed by atoms with Crippen molar-refractivity contribution in [2.45, 2.75) is 52.5 Å². The number of benzene rings is 2. The van der Waals surface area contributed by atoms with Crippen LogP contribution in [-0.2, 0) is 9.59 Å². The summed E-state index contributed by atoms with van der Waals surface area (Å²) in [6.45, 7) is 9.27. The molecule has 1 amide bonds. The van der Waals surface area contributed by atoms with E-state index in [1.165, 1.54) is 0 Å². The Balaban J connectivity index is 1.90. The van der Waals surface area contributed by atoms with Gasteiger partial charge in [-0.15, -0.1) is 0 Å². The van der Waals surface area contributed by atoms with E-state index in [1.54, 1.807) is 24.1 Å². The van der Waals surface area contributed by atoms with Crippen LogP contribution in [0.5, 0.6) is 17.2 Å². The number of methoxy groups -OCH3 is 1. The number of ether oxygens (including phenoxy) is 3. The Morgan fingerprint density at radius 1 is 1.14 bits per heavy atom. The standard InChI is InChI=1S/C28H33NO6/c1-6-7-10-29-25(18-8-9-21-23(14-18)35-12-11-34-21)24(27(31)28(29)32)26(30)20-15-19(16(2)3)22(33-5)13-17(20)4/h8-9,13-16,25,30H,6-7,10-12H2,1-5H3/b26-24+. The first-order chi connectivity index (χ1) is 16.8. The van der Waals surface area contributed by atoms with Crippen LogP contribution in [0.2, 0.25) is 0 Å².